The van der Waals surface area contributed by atoms with Crippen LogP contribution in [0.4, 0.5) is 0 Å². The number of benzene rings is 1. The van der Waals surface area contributed by atoms with Gasteiger partial charge in [-0.1, -0.05) is 12.1 Å². The van der Waals surface area contributed by atoms with E-state index in [2.05, 4.69) is 43.2 Å². The van der Waals surface area contributed by atoms with Crippen LogP contribution in [-0.2, 0) is 20.8 Å². The van der Waals surface area contributed by atoms with E-state index in [9.17, 15) is 14.4 Å². The summed E-state index contributed by atoms with van der Waals surface area (Å²) >= 11 is 2.17. The third kappa shape index (κ3) is 12.8. The number of hydrogen-bond acceptors (Lipinski definition) is 6. The number of hydrogen-bond donors (Lipinski definition) is 8. The maximum Gasteiger partial charge on any atom is 0.243 e. The van der Waals surface area contributed by atoms with Crippen molar-refractivity contribution in [3.8, 4) is 0 Å². The largest absolute Gasteiger partial charge is 0.370 e. The van der Waals surface area contributed by atoms with Crippen LogP contribution in [0.5, 0.6) is 0 Å². The fourth-order valence-electron chi connectivity index (χ4n) is 3.06. The molecule has 0 bridgehead atoms. The molecule has 0 aliphatic carbocycles. The minimum absolute atomic E-state index is 0.0421. The van der Waals surface area contributed by atoms with Gasteiger partial charge in [-0.3, -0.25) is 24.4 Å². The van der Waals surface area contributed by atoms with Crippen LogP contribution >= 0.6 is 22.6 Å². The molecular formula is C21H35IN10O3. The average Bonchev–Trinajstić information content (AvgIpc) is 2.78. The zero-order chi connectivity index (χ0) is 26.4. The van der Waals surface area contributed by atoms with Gasteiger partial charge in [-0.25, -0.2) is 0 Å². The molecule has 0 aromatic heterocycles. The quantitative estimate of drug-likeness (QED) is 0.0469. The van der Waals surface area contributed by atoms with Gasteiger partial charge in [0.2, 0.25) is 17.7 Å². The topological polar surface area (TPSA) is 256 Å². The number of carbonyl (C=O) groups excluding carboxylic acids is 3. The maximum atomic E-state index is 13.1. The lowest BCUT2D eigenvalue weighted by Gasteiger charge is -2.23. The summed E-state index contributed by atoms with van der Waals surface area (Å²) < 4.78 is 1.02. The lowest BCUT2D eigenvalue weighted by atomic mass is 10.0. The molecule has 0 unspecified atom stereocenters. The lowest BCUT2D eigenvalue weighted by Crippen LogP contribution is -2.56. The second-order valence-electron chi connectivity index (χ2n) is 7.86. The highest BCUT2D eigenvalue weighted by molar-refractivity contribution is 14.1. The molecule has 1 aromatic rings. The fourth-order valence-corrected chi connectivity index (χ4v) is 3.42. The molecule has 0 radical (unpaired) electrons. The monoisotopic (exact) mass is 602 g/mol. The van der Waals surface area contributed by atoms with Crippen LogP contribution in [0.2, 0.25) is 0 Å². The van der Waals surface area contributed by atoms with Crippen LogP contribution in [0.3, 0.4) is 0 Å². The minimum atomic E-state index is -0.981. The van der Waals surface area contributed by atoms with Gasteiger partial charge in [0.25, 0.3) is 0 Å². The minimum Gasteiger partial charge on any atom is -0.370 e. The average molecular weight is 602 g/mol. The number of nitrogens with zero attached hydrogens (tertiary/aromatic N) is 2. The molecule has 14 N–H and O–H groups in total. The Morgan fingerprint density at radius 2 is 1.31 bits per heavy atom. The van der Waals surface area contributed by atoms with Crippen molar-refractivity contribution in [2.75, 3.05) is 13.1 Å². The fraction of sp³-hybridized carbons (Fsp3) is 0.476. The standard InChI is InChI=1S/C21H35IN10O3/c22-13-7-5-12(6-8-13)11-16(32-18(34)14(23)3-1-9-29-20(25)26)19(35)31-15(17(24)33)4-2-10-30-21(27)28/h5-8,14-16H,1-4,9-11,23H2,(H2,24,33)(H,31,35)(H,32,34)(H4,25,26,29)(H4,27,28,30)/t14-,15-,16-/m0/s1. The first-order chi connectivity index (χ1) is 16.5. The van der Waals surface area contributed by atoms with Crippen molar-refractivity contribution < 1.29 is 14.4 Å². The smallest absolute Gasteiger partial charge is 0.243 e. The van der Waals surface area contributed by atoms with Crippen LogP contribution in [0, 0.1) is 3.57 Å². The number of guanidine groups is 2. The first-order valence-electron chi connectivity index (χ1n) is 11.0. The number of carbonyl (C=O) groups is 3. The molecule has 0 spiro atoms. The van der Waals surface area contributed by atoms with Gasteiger partial charge in [-0.2, -0.15) is 0 Å². The van der Waals surface area contributed by atoms with Crippen LogP contribution in [-0.4, -0.2) is 60.9 Å². The number of primary amides is 1. The van der Waals surface area contributed by atoms with E-state index in [0.29, 0.717) is 25.8 Å². The molecule has 1 aromatic carbocycles. The molecule has 0 fully saturated rings. The van der Waals surface area contributed by atoms with Gasteiger partial charge in [-0.05, 0) is 66.0 Å². The molecule has 1 rings (SSSR count). The first-order valence-corrected chi connectivity index (χ1v) is 12.1. The Morgan fingerprint density at radius 1 is 0.800 bits per heavy atom. The van der Waals surface area contributed by atoms with Gasteiger partial charge in [0.15, 0.2) is 11.9 Å². The third-order valence-electron chi connectivity index (χ3n) is 4.90. The summed E-state index contributed by atoms with van der Waals surface area (Å²) in [6.45, 7) is 0.607. The first kappa shape index (κ1) is 29.9. The number of nitrogens with one attached hydrogen (secondary N) is 2. The molecule has 14 heteroatoms. The molecule has 13 nitrogen and oxygen atoms in total. The summed E-state index contributed by atoms with van der Waals surface area (Å²) in [6.07, 6.45) is 1.64. The van der Waals surface area contributed by atoms with Gasteiger partial charge < -0.3 is 45.0 Å². The van der Waals surface area contributed by atoms with Crippen LogP contribution < -0.4 is 45.0 Å². The second-order valence-corrected chi connectivity index (χ2v) is 9.11. The number of aliphatic imine (C=N–C) groups is 2. The van der Waals surface area contributed by atoms with E-state index in [0.717, 1.165) is 9.13 Å². The predicted molar refractivity (Wildman–Crippen MR) is 144 cm³/mol. The molecule has 0 aliphatic heterocycles. The Balaban J connectivity index is 2.88. The highest BCUT2D eigenvalue weighted by atomic mass is 127. The molecule has 0 saturated heterocycles. The summed E-state index contributed by atoms with van der Waals surface area (Å²) in [5.74, 6) is -1.89. The van der Waals surface area contributed by atoms with Crippen molar-refractivity contribution >= 4 is 52.2 Å². The summed E-state index contributed by atoms with van der Waals surface area (Å²) in [7, 11) is 0. The molecule has 3 atom stereocenters. The Hall–Kier alpha value is -3.14. The van der Waals surface area contributed by atoms with Gasteiger partial charge in [-0.15, -0.1) is 0 Å². The Labute approximate surface area is 218 Å². The summed E-state index contributed by atoms with van der Waals surface area (Å²) in [4.78, 5) is 45.4. The van der Waals surface area contributed by atoms with Crippen molar-refractivity contribution in [2.45, 2.75) is 50.2 Å². The molecule has 194 valence electrons. The van der Waals surface area contributed by atoms with Gasteiger partial charge in [0.1, 0.15) is 12.1 Å². The summed E-state index contributed by atoms with van der Waals surface area (Å²) in [5, 5.41) is 5.30. The molecule has 0 saturated carbocycles. The zero-order valence-corrected chi connectivity index (χ0v) is 21.6. The van der Waals surface area contributed by atoms with Crippen LogP contribution in [0.25, 0.3) is 0 Å². The number of halogens is 1. The number of amides is 3. The molecule has 0 heterocycles. The van der Waals surface area contributed by atoms with Gasteiger partial charge >= 0.3 is 0 Å². The summed E-state index contributed by atoms with van der Waals surface area (Å²) in [6, 6.07) is 4.67. The number of rotatable bonds is 15. The van der Waals surface area contributed by atoms with E-state index >= 15 is 0 Å². The van der Waals surface area contributed by atoms with Crippen molar-refractivity contribution in [2.24, 2.45) is 44.4 Å². The zero-order valence-electron chi connectivity index (χ0n) is 19.5. The van der Waals surface area contributed by atoms with E-state index in [1.54, 1.807) is 0 Å². The van der Waals surface area contributed by atoms with Crippen molar-refractivity contribution in [1.29, 1.82) is 0 Å². The second kappa shape index (κ2) is 15.7. The highest BCUT2D eigenvalue weighted by Gasteiger charge is 2.27. The van der Waals surface area contributed by atoms with E-state index in [1.165, 1.54) is 0 Å². The van der Waals surface area contributed by atoms with Crippen molar-refractivity contribution in [3.63, 3.8) is 0 Å². The van der Waals surface area contributed by atoms with Crippen molar-refractivity contribution in [1.82, 2.24) is 10.6 Å². The van der Waals surface area contributed by atoms with E-state index in [1.807, 2.05) is 24.3 Å². The molecular weight excluding hydrogens is 567 g/mol. The van der Waals surface area contributed by atoms with E-state index in [-0.39, 0.29) is 31.3 Å². The normalized spacial score (nSPS) is 13.1. The van der Waals surface area contributed by atoms with Crippen LogP contribution in [0.1, 0.15) is 31.2 Å². The van der Waals surface area contributed by atoms with Gasteiger partial charge in [0.05, 0.1) is 6.04 Å². The van der Waals surface area contributed by atoms with Crippen molar-refractivity contribution in [3.05, 3.63) is 33.4 Å². The predicted octanol–water partition coefficient (Wildman–Crippen LogP) is -2.28. The molecule has 0 aliphatic rings. The van der Waals surface area contributed by atoms with Gasteiger partial charge in [0, 0.05) is 23.1 Å². The third-order valence-corrected chi connectivity index (χ3v) is 5.61. The molecule has 35 heavy (non-hydrogen) atoms. The maximum absolute atomic E-state index is 13.1. The Bertz CT molecular complexity index is 899. The molecule has 3 amide bonds. The summed E-state index contributed by atoms with van der Waals surface area (Å²) in [5.41, 5.74) is 33.4. The highest BCUT2D eigenvalue weighted by Crippen LogP contribution is 2.10. The van der Waals surface area contributed by atoms with E-state index < -0.39 is 35.8 Å². The van der Waals surface area contributed by atoms with E-state index in [4.69, 9.17) is 34.4 Å². The lowest BCUT2D eigenvalue weighted by molar-refractivity contribution is -0.131. The SMILES string of the molecule is NC(=O)[C@H](CCCN=C(N)N)NC(=O)[C@H](Cc1ccc(I)cc1)NC(=O)[C@@H](N)CCCN=C(N)N. The Morgan fingerprint density at radius 3 is 1.83 bits per heavy atom. The number of nitrogens with two attached hydrogens (primary N) is 6. The Kier molecular flexibility index (Phi) is 13.4. The van der Waals surface area contributed by atoms with Crippen LogP contribution in [0.15, 0.2) is 34.3 Å².